The second-order valence-corrected chi connectivity index (χ2v) is 8.54. The van der Waals surface area contributed by atoms with Gasteiger partial charge in [-0.05, 0) is 52.3 Å². The number of benzene rings is 2. The zero-order valence-electron chi connectivity index (χ0n) is 14.5. The minimum absolute atomic E-state index is 0.0118. The van der Waals surface area contributed by atoms with Gasteiger partial charge in [-0.3, -0.25) is 4.79 Å². The summed E-state index contributed by atoms with van der Waals surface area (Å²) in [5.74, 6) is -0.428. The summed E-state index contributed by atoms with van der Waals surface area (Å²) in [6.45, 7) is 4.25. The molecule has 0 aliphatic heterocycles. The van der Waals surface area contributed by atoms with Crippen molar-refractivity contribution in [3.8, 4) is 11.1 Å². The van der Waals surface area contributed by atoms with Crippen LogP contribution in [-0.4, -0.2) is 5.97 Å². The van der Waals surface area contributed by atoms with Crippen LogP contribution in [0.4, 0.5) is 0 Å². The number of halogens is 3. The van der Waals surface area contributed by atoms with Crippen LogP contribution in [0.15, 0.2) is 59.1 Å². The summed E-state index contributed by atoms with van der Waals surface area (Å²) in [5, 5.41) is 0.687. The fourth-order valence-electron chi connectivity index (χ4n) is 3.33. The smallest absolute Gasteiger partial charge is 0.310 e. The van der Waals surface area contributed by atoms with Gasteiger partial charge in [0, 0.05) is 5.02 Å². The van der Waals surface area contributed by atoms with Gasteiger partial charge in [-0.1, -0.05) is 79.0 Å². The lowest BCUT2D eigenvalue weighted by molar-refractivity contribution is -0.147. The summed E-state index contributed by atoms with van der Waals surface area (Å²) < 4.78 is 5.72. The first-order valence-corrected chi connectivity index (χ1v) is 9.47. The van der Waals surface area contributed by atoms with Crippen LogP contribution in [0.2, 0.25) is 5.02 Å². The molecule has 1 fully saturated rings. The van der Waals surface area contributed by atoms with Crippen molar-refractivity contribution in [1.82, 2.24) is 0 Å². The number of carbonyl (C=O) groups excluding carboxylic acids is 1. The van der Waals surface area contributed by atoms with Crippen molar-refractivity contribution in [3.05, 3.63) is 69.7 Å². The third-order valence-electron chi connectivity index (χ3n) is 4.94. The molecule has 1 aliphatic rings. The van der Waals surface area contributed by atoms with E-state index >= 15 is 0 Å². The van der Waals surface area contributed by atoms with Crippen molar-refractivity contribution in [3.63, 3.8) is 0 Å². The molecule has 136 valence electrons. The van der Waals surface area contributed by atoms with E-state index in [2.05, 4.69) is 0 Å². The maximum atomic E-state index is 12.4. The number of allylic oxidation sites excluding steroid dienone is 1. The first-order chi connectivity index (χ1) is 12.3. The van der Waals surface area contributed by atoms with Crippen molar-refractivity contribution in [2.75, 3.05) is 0 Å². The maximum Gasteiger partial charge on any atom is 0.310 e. The molecule has 2 aromatic rings. The van der Waals surface area contributed by atoms with E-state index in [1.165, 1.54) is 0 Å². The third kappa shape index (κ3) is 4.25. The molecule has 0 unspecified atom stereocenters. The number of carbonyl (C=O) groups is 1. The standard InChI is InChI=1S/C21H19Cl3O2/c1-21(2)17(11-18(23)24)19(21)20(25)26-12-13-5-3-6-14(9-13)15-7-4-8-16(22)10-15/h3-11,17,19H,12H2,1-2H3/t17-,19-/m1/s1. The lowest BCUT2D eigenvalue weighted by atomic mass is 10.0. The monoisotopic (exact) mass is 408 g/mol. The molecule has 0 spiro atoms. The van der Waals surface area contributed by atoms with Crippen molar-refractivity contribution in [2.45, 2.75) is 20.5 Å². The van der Waals surface area contributed by atoms with Crippen LogP contribution in [0.3, 0.4) is 0 Å². The van der Waals surface area contributed by atoms with E-state index in [4.69, 9.17) is 39.5 Å². The number of rotatable bonds is 5. The van der Waals surface area contributed by atoms with Gasteiger partial charge >= 0.3 is 5.97 Å². The highest BCUT2D eigenvalue weighted by Gasteiger charge is 2.61. The normalized spacial score (nSPS) is 20.3. The molecule has 2 aromatic carbocycles. The molecule has 5 heteroatoms. The second kappa shape index (κ2) is 7.64. The van der Waals surface area contributed by atoms with Gasteiger partial charge in [-0.2, -0.15) is 0 Å². The average Bonchev–Trinajstić information content (AvgIpc) is 3.12. The SMILES string of the molecule is CC1(C)[C@H](C=C(Cl)Cl)[C@@H]1C(=O)OCc1cccc(-c2cccc(Cl)c2)c1. The van der Waals surface area contributed by atoms with Crippen molar-refractivity contribution < 1.29 is 9.53 Å². The average molecular weight is 410 g/mol. The number of esters is 1. The third-order valence-corrected chi connectivity index (χ3v) is 5.42. The van der Waals surface area contributed by atoms with Gasteiger partial charge < -0.3 is 4.74 Å². The largest absolute Gasteiger partial charge is 0.461 e. The van der Waals surface area contributed by atoms with Crippen molar-refractivity contribution in [2.24, 2.45) is 17.3 Å². The zero-order chi connectivity index (χ0) is 18.9. The van der Waals surface area contributed by atoms with Crippen LogP contribution in [0, 0.1) is 17.3 Å². The van der Waals surface area contributed by atoms with Gasteiger partial charge in [0.1, 0.15) is 11.1 Å². The van der Waals surface area contributed by atoms with Gasteiger partial charge in [0.25, 0.3) is 0 Å². The highest BCUT2D eigenvalue weighted by Crippen LogP contribution is 2.60. The van der Waals surface area contributed by atoms with Crippen LogP contribution >= 0.6 is 34.8 Å². The second-order valence-electron chi connectivity index (χ2n) is 7.10. The van der Waals surface area contributed by atoms with Crippen molar-refractivity contribution in [1.29, 1.82) is 0 Å². The highest BCUT2D eigenvalue weighted by molar-refractivity contribution is 6.55. The van der Waals surface area contributed by atoms with Gasteiger partial charge in [0.05, 0.1) is 5.92 Å². The van der Waals surface area contributed by atoms with Gasteiger partial charge in [-0.25, -0.2) is 0 Å². The van der Waals surface area contributed by atoms with E-state index in [-0.39, 0.29) is 34.3 Å². The van der Waals surface area contributed by atoms with Crippen molar-refractivity contribution >= 4 is 40.8 Å². The van der Waals surface area contributed by atoms with Crippen LogP contribution in [0.1, 0.15) is 19.4 Å². The van der Waals surface area contributed by atoms with Crippen LogP contribution < -0.4 is 0 Å². The summed E-state index contributed by atoms with van der Waals surface area (Å²) in [4.78, 5) is 12.4. The molecule has 2 atom stereocenters. The quantitative estimate of drug-likeness (QED) is 0.517. The molecule has 0 amide bonds. The van der Waals surface area contributed by atoms with Crippen LogP contribution in [0.25, 0.3) is 11.1 Å². The number of hydrogen-bond donors (Lipinski definition) is 0. The molecule has 1 aliphatic carbocycles. The lowest BCUT2D eigenvalue weighted by Crippen LogP contribution is -2.10. The minimum atomic E-state index is -0.223. The summed E-state index contributed by atoms with van der Waals surface area (Å²) >= 11 is 17.5. The Morgan fingerprint density at radius 2 is 1.77 bits per heavy atom. The summed E-state index contributed by atoms with van der Waals surface area (Å²) in [6.07, 6.45) is 1.72. The minimum Gasteiger partial charge on any atom is -0.461 e. The Morgan fingerprint density at radius 1 is 1.12 bits per heavy atom. The molecular weight excluding hydrogens is 391 g/mol. The topological polar surface area (TPSA) is 26.3 Å². The Hall–Kier alpha value is -1.48. The highest BCUT2D eigenvalue weighted by atomic mass is 35.5. The zero-order valence-corrected chi connectivity index (χ0v) is 16.8. The molecule has 0 radical (unpaired) electrons. The fourth-order valence-corrected chi connectivity index (χ4v) is 3.79. The molecule has 0 saturated heterocycles. The van der Waals surface area contributed by atoms with Gasteiger partial charge in [-0.15, -0.1) is 0 Å². The van der Waals surface area contributed by atoms with Crippen LogP contribution in [0.5, 0.6) is 0 Å². The molecule has 1 saturated carbocycles. The Kier molecular flexibility index (Phi) is 5.67. The summed E-state index contributed by atoms with van der Waals surface area (Å²) in [7, 11) is 0. The van der Waals surface area contributed by atoms with E-state index in [0.717, 1.165) is 16.7 Å². The molecule has 2 nitrogen and oxygen atoms in total. The van der Waals surface area contributed by atoms with Gasteiger partial charge in [0.2, 0.25) is 0 Å². The lowest BCUT2D eigenvalue weighted by Gasteiger charge is -2.08. The first-order valence-electron chi connectivity index (χ1n) is 8.33. The maximum absolute atomic E-state index is 12.4. The summed E-state index contributed by atoms with van der Waals surface area (Å²) in [6, 6.07) is 15.5. The van der Waals surface area contributed by atoms with E-state index in [9.17, 15) is 4.79 Å². The number of ether oxygens (including phenoxy) is 1. The Morgan fingerprint density at radius 3 is 2.42 bits per heavy atom. The van der Waals surface area contributed by atoms with E-state index in [0.29, 0.717) is 5.02 Å². The Bertz CT molecular complexity index is 854. The van der Waals surface area contributed by atoms with E-state index < -0.39 is 0 Å². The summed E-state index contributed by atoms with van der Waals surface area (Å²) in [5.41, 5.74) is 2.80. The predicted molar refractivity (Wildman–Crippen MR) is 107 cm³/mol. The first kappa shape index (κ1) is 19.3. The predicted octanol–water partition coefficient (Wildman–Crippen LogP) is 6.64. The molecule has 3 rings (SSSR count). The van der Waals surface area contributed by atoms with E-state index in [1.54, 1.807) is 6.08 Å². The Labute approximate surface area is 168 Å². The molecule has 0 aromatic heterocycles. The van der Waals surface area contributed by atoms with E-state index in [1.807, 2.05) is 62.4 Å². The molecule has 0 heterocycles. The molecule has 26 heavy (non-hydrogen) atoms. The fraction of sp³-hybridized carbons (Fsp3) is 0.286. The van der Waals surface area contributed by atoms with Gasteiger partial charge in [0.15, 0.2) is 0 Å². The molecular formula is C21H19Cl3O2. The Balaban J connectivity index is 1.66. The number of hydrogen-bond acceptors (Lipinski definition) is 2. The van der Waals surface area contributed by atoms with Crippen LogP contribution in [-0.2, 0) is 16.1 Å². The molecule has 0 N–H and O–H groups in total. The molecule has 0 bridgehead atoms.